The number of non-ortho nitro benzene ring substituents is 1. The van der Waals surface area contributed by atoms with Crippen LogP contribution in [0.2, 0.25) is 0 Å². The lowest BCUT2D eigenvalue weighted by Crippen LogP contribution is -2.16. The summed E-state index contributed by atoms with van der Waals surface area (Å²) in [5.74, 6) is -0.596. The normalized spacial score (nSPS) is 12.2. The smallest absolute Gasteiger partial charge is 0.270 e. The minimum atomic E-state index is -3.45. The third-order valence-corrected chi connectivity index (χ3v) is 7.17. The van der Waals surface area contributed by atoms with Crippen LogP contribution in [-0.4, -0.2) is 29.6 Å². The number of carbonyl (C=O) groups excluding carboxylic acids is 1. The molecule has 3 aromatic rings. The Kier molecular flexibility index (Phi) is 6.58. The molecule has 0 aliphatic heterocycles. The number of hydrogen-bond donors (Lipinski definition) is 0. The van der Waals surface area contributed by atoms with E-state index in [4.69, 9.17) is 0 Å². The average Bonchev–Trinajstić information content (AvgIpc) is 3.05. The molecular formula is C20H19N3O5S2. The lowest BCUT2D eigenvalue weighted by Gasteiger charge is -2.03. The van der Waals surface area contributed by atoms with Gasteiger partial charge in [0.1, 0.15) is 0 Å². The number of benzene rings is 2. The van der Waals surface area contributed by atoms with Crippen LogP contribution >= 0.6 is 11.3 Å². The predicted octanol–water partition coefficient (Wildman–Crippen LogP) is 3.48. The first-order valence-corrected chi connectivity index (χ1v) is 11.5. The summed E-state index contributed by atoms with van der Waals surface area (Å²) in [6.45, 7) is 4.08. The van der Waals surface area contributed by atoms with Crippen molar-refractivity contribution >= 4 is 43.0 Å². The molecule has 0 fully saturated rings. The number of nitrogens with zero attached hydrogens (tertiary/aromatic N) is 3. The first-order valence-electron chi connectivity index (χ1n) is 9.06. The monoisotopic (exact) mass is 445 g/mol. The highest BCUT2D eigenvalue weighted by Gasteiger charge is 2.15. The molecule has 0 aliphatic rings. The van der Waals surface area contributed by atoms with Gasteiger partial charge in [-0.3, -0.25) is 14.9 Å². The number of allylic oxidation sites excluding steroid dienone is 1. The highest BCUT2D eigenvalue weighted by Crippen LogP contribution is 2.23. The van der Waals surface area contributed by atoms with Crippen LogP contribution in [0.3, 0.4) is 0 Å². The van der Waals surface area contributed by atoms with Crippen molar-refractivity contribution in [1.82, 2.24) is 4.57 Å². The summed E-state index contributed by atoms with van der Waals surface area (Å²) in [5.41, 5.74) is 0.669. The summed E-state index contributed by atoms with van der Waals surface area (Å²) in [6.07, 6.45) is 1.77. The molecule has 0 radical (unpaired) electrons. The van der Waals surface area contributed by atoms with Crippen LogP contribution in [0.5, 0.6) is 0 Å². The lowest BCUT2D eigenvalue weighted by atomic mass is 10.3. The van der Waals surface area contributed by atoms with Gasteiger partial charge < -0.3 is 4.57 Å². The number of aromatic nitrogens is 1. The highest BCUT2D eigenvalue weighted by molar-refractivity contribution is 7.91. The molecular weight excluding hydrogens is 426 g/mol. The van der Waals surface area contributed by atoms with Gasteiger partial charge in [-0.05, 0) is 24.6 Å². The van der Waals surface area contributed by atoms with Crippen molar-refractivity contribution in [2.24, 2.45) is 4.99 Å². The van der Waals surface area contributed by atoms with Gasteiger partial charge in [-0.15, -0.1) is 6.58 Å². The van der Waals surface area contributed by atoms with E-state index in [1.54, 1.807) is 34.9 Å². The maximum atomic E-state index is 12.3. The molecule has 0 bridgehead atoms. The van der Waals surface area contributed by atoms with E-state index in [9.17, 15) is 23.3 Å². The van der Waals surface area contributed by atoms with E-state index in [1.165, 1.54) is 24.3 Å². The van der Waals surface area contributed by atoms with Crippen LogP contribution in [0.25, 0.3) is 10.2 Å². The topological polar surface area (TPSA) is 112 Å². The molecule has 0 spiro atoms. The maximum Gasteiger partial charge on any atom is 0.270 e. The maximum absolute atomic E-state index is 12.3. The Hall–Kier alpha value is -3.11. The van der Waals surface area contributed by atoms with Gasteiger partial charge in [0.15, 0.2) is 14.6 Å². The Morgan fingerprint density at radius 1 is 1.23 bits per heavy atom. The van der Waals surface area contributed by atoms with Gasteiger partial charge in [-0.1, -0.05) is 35.6 Å². The quantitative estimate of drug-likeness (QED) is 0.299. The standard InChI is InChI=1S/C20H19N3O5S2/c1-2-12-22-17-11-10-15(23(25)26)14-18(17)29-20(22)21-19(24)9-6-13-30(27,28)16-7-4-3-5-8-16/h2-5,7-8,10-11,14H,1,6,9,12-13H2. The van der Waals surface area contributed by atoms with Gasteiger partial charge in [-0.2, -0.15) is 4.99 Å². The number of thiazole rings is 1. The summed E-state index contributed by atoms with van der Waals surface area (Å²) >= 11 is 1.16. The van der Waals surface area contributed by atoms with Gasteiger partial charge in [-0.25, -0.2) is 8.42 Å². The summed E-state index contributed by atoms with van der Waals surface area (Å²) in [7, 11) is -3.45. The van der Waals surface area contributed by atoms with Gasteiger partial charge in [0.05, 0.1) is 25.8 Å². The molecule has 2 aromatic carbocycles. The molecule has 0 atom stereocenters. The Bertz CT molecular complexity index is 1270. The molecule has 0 unspecified atom stereocenters. The summed E-state index contributed by atoms with van der Waals surface area (Å²) in [6, 6.07) is 12.5. The molecule has 10 heteroatoms. The van der Waals surface area contributed by atoms with Crippen molar-refractivity contribution in [3.63, 3.8) is 0 Å². The fraction of sp³-hybridized carbons (Fsp3) is 0.200. The second kappa shape index (κ2) is 9.14. The van der Waals surface area contributed by atoms with Crippen LogP contribution in [0.4, 0.5) is 5.69 Å². The van der Waals surface area contributed by atoms with Crippen molar-refractivity contribution in [2.45, 2.75) is 24.3 Å². The number of carbonyl (C=O) groups is 1. The van der Waals surface area contributed by atoms with Crippen LogP contribution in [0.1, 0.15) is 12.8 Å². The van der Waals surface area contributed by atoms with Crippen molar-refractivity contribution in [3.05, 3.63) is 76.1 Å². The Morgan fingerprint density at radius 3 is 2.63 bits per heavy atom. The van der Waals surface area contributed by atoms with Crippen LogP contribution < -0.4 is 4.80 Å². The van der Waals surface area contributed by atoms with E-state index in [2.05, 4.69) is 11.6 Å². The lowest BCUT2D eigenvalue weighted by molar-refractivity contribution is -0.384. The van der Waals surface area contributed by atoms with Crippen LogP contribution in [0, 0.1) is 10.1 Å². The van der Waals surface area contributed by atoms with Crippen molar-refractivity contribution in [1.29, 1.82) is 0 Å². The molecule has 3 rings (SSSR count). The van der Waals surface area contributed by atoms with Crippen molar-refractivity contribution < 1.29 is 18.1 Å². The second-order valence-electron chi connectivity index (χ2n) is 6.43. The predicted molar refractivity (Wildman–Crippen MR) is 115 cm³/mol. The number of amides is 1. The molecule has 1 heterocycles. The van der Waals surface area contributed by atoms with E-state index < -0.39 is 20.7 Å². The molecule has 0 aliphatic carbocycles. The molecule has 156 valence electrons. The molecule has 0 N–H and O–H groups in total. The van der Waals surface area contributed by atoms with E-state index in [0.29, 0.717) is 21.6 Å². The minimum Gasteiger partial charge on any atom is -0.312 e. The zero-order chi connectivity index (χ0) is 21.7. The summed E-state index contributed by atoms with van der Waals surface area (Å²) in [5, 5.41) is 11.0. The number of nitro benzene ring substituents is 1. The molecule has 30 heavy (non-hydrogen) atoms. The molecule has 1 amide bonds. The second-order valence-corrected chi connectivity index (χ2v) is 9.55. The number of rotatable bonds is 8. The zero-order valence-corrected chi connectivity index (χ0v) is 17.6. The van der Waals surface area contributed by atoms with Crippen molar-refractivity contribution in [2.75, 3.05) is 5.75 Å². The largest absolute Gasteiger partial charge is 0.312 e. The van der Waals surface area contributed by atoms with E-state index in [0.717, 1.165) is 11.3 Å². The Labute approximate surface area is 176 Å². The minimum absolute atomic E-state index is 0.0193. The zero-order valence-electron chi connectivity index (χ0n) is 15.9. The summed E-state index contributed by atoms with van der Waals surface area (Å²) in [4.78, 5) is 27.6. The van der Waals surface area contributed by atoms with E-state index in [1.807, 2.05) is 0 Å². The number of hydrogen-bond acceptors (Lipinski definition) is 6. The van der Waals surface area contributed by atoms with Crippen LogP contribution in [0.15, 0.2) is 71.1 Å². The fourth-order valence-electron chi connectivity index (χ4n) is 2.89. The fourth-order valence-corrected chi connectivity index (χ4v) is 5.31. The molecule has 8 nitrogen and oxygen atoms in total. The third-order valence-electron chi connectivity index (χ3n) is 4.32. The van der Waals surface area contributed by atoms with Gasteiger partial charge >= 0.3 is 0 Å². The molecule has 0 saturated heterocycles. The van der Waals surface area contributed by atoms with Crippen molar-refractivity contribution in [3.8, 4) is 0 Å². The van der Waals surface area contributed by atoms with Crippen LogP contribution in [-0.2, 0) is 21.2 Å². The number of sulfone groups is 1. The van der Waals surface area contributed by atoms with Gasteiger partial charge in [0.2, 0.25) is 5.91 Å². The van der Waals surface area contributed by atoms with E-state index >= 15 is 0 Å². The molecule has 1 aromatic heterocycles. The average molecular weight is 446 g/mol. The molecule has 0 saturated carbocycles. The first-order chi connectivity index (χ1) is 14.3. The first kappa shape index (κ1) is 21.6. The Morgan fingerprint density at radius 2 is 1.97 bits per heavy atom. The van der Waals surface area contributed by atoms with Gasteiger partial charge in [0.25, 0.3) is 5.69 Å². The third kappa shape index (κ3) is 4.89. The number of fused-ring (bicyclic) bond motifs is 1. The number of nitro groups is 1. The SMILES string of the molecule is C=CCn1c(=NC(=O)CCCS(=O)(=O)c2ccccc2)sc2cc([N+](=O)[O-])ccc21. The Balaban J connectivity index is 1.80. The highest BCUT2D eigenvalue weighted by atomic mass is 32.2. The summed E-state index contributed by atoms with van der Waals surface area (Å²) < 4.78 is 27.0. The van der Waals surface area contributed by atoms with Gasteiger partial charge in [0, 0.05) is 25.1 Å². The van der Waals surface area contributed by atoms with E-state index in [-0.39, 0.29) is 29.2 Å².